The molecule has 0 bridgehead atoms. The lowest BCUT2D eigenvalue weighted by atomic mass is 10.1. The largest absolute Gasteiger partial charge is 0.456 e. The Morgan fingerprint density at radius 2 is 0.898 bits per heavy atom. The van der Waals surface area contributed by atoms with E-state index >= 15 is 0 Å². The topological polar surface area (TPSA) is 53.5 Å². The molecule has 0 fully saturated rings. The van der Waals surface area contributed by atoms with Gasteiger partial charge in [0, 0.05) is 0 Å². The number of pyridine rings is 2. The number of aromatic nitrogens is 2. The van der Waals surface area contributed by atoms with Gasteiger partial charge >= 0.3 is 0 Å². The van der Waals surface area contributed by atoms with E-state index in [0.29, 0.717) is 30.5 Å². The minimum Gasteiger partial charge on any atom is -0.456 e. The molecule has 49 heavy (non-hydrogen) atoms. The molecule has 2 aromatic heterocycles. The Labute approximate surface area is 295 Å². The van der Waals surface area contributed by atoms with Gasteiger partial charge in [-0.05, 0) is 111 Å². The lowest BCUT2D eigenvalue weighted by Crippen LogP contribution is -2.25. The van der Waals surface area contributed by atoms with Gasteiger partial charge in [0.1, 0.15) is 23.0 Å². The maximum atomic E-state index is 7.13. The van der Waals surface area contributed by atoms with Gasteiger partial charge in [-0.25, -0.2) is 0 Å². The summed E-state index contributed by atoms with van der Waals surface area (Å²) < 4.78 is 19.3. The number of benzene rings is 4. The van der Waals surface area contributed by atoms with E-state index in [0.717, 1.165) is 35.0 Å². The summed E-state index contributed by atoms with van der Waals surface area (Å²) in [7, 11) is 1.11. The summed E-state index contributed by atoms with van der Waals surface area (Å²) in [6.07, 6.45) is 3.08. The molecule has 244 valence electrons. The molecule has 2 atom stereocenters. The van der Waals surface area contributed by atoms with Crippen molar-refractivity contribution in [1.82, 2.24) is 9.97 Å². The van der Waals surface area contributed by atoms with Crippen molar-refractivity contribution < 1.29 is 14.2 Å². The normalized spacial score (nSPS) is 12.3. The summed E-state index contributed by atoms with van der Waals surface area (Å²) in [4.78, 5) is 9.79. The fourth-order valence-corrected chi connectivity index (χ4v) is 8.24. The van der Waals surface area contributed by atoms with E-state index in [4.69, 9.17) is 24.2 Å². The average Bonchev–Trinajstić information content (AvgIpc) is 3.13. The molecule has 0 saturated carbocycles. The first-order valence-corrected chi connectivity index (χ1v) is 19.0. The Morgan fingerprint density at radius 3 is 1.29 bits per heavy atom. The van der Waals surface area contributed by atoms with Gasteiger partial charge in [-0.3, -0.25) is 9.97 Å². The number of nitrogens with zero attached hydrogens (tertiary/aromatic N) is 2. The monoisotopic (exact) mass is 676 g/mol. The Bertz CT molecular complexity index is 1790. The summed E-state index contributed by atoms with van der Waals surface area (Å²) in [5.41, 5.74) is 7.03. The Morgan fingerprint density at radius 1 is 0.469 bits per heavy atom. The molecule has 6 aromatic rings. The van der Waals surface area contributed by atoms with E-state index in [-0.39, 0.29) is 12.2 Å². The zero-order chi connectivity index (χ0) is 34.0. The van der Waals surface area contributed by atoms with E-state index in [2.05, 4.69) is 64.1 Å². The van der Waals surface area contributed by atoms with Crippen LogP contribution in [0.25, 0.3) is 0 Å². The van der Waals surface area contributed by atoms with E-state index in [1.807, 2.05) is 84.9 Å². The highest BCUT2D eigenvalue weighted by Gasteiger charge is 2.24. The fourth-order valence-electron chi connectivity index (χ4n) is 5.47. The van der Waals surface area contributed by atoms with Crippen molar-refractivity contribution in [3.05, 3.63) is 167 Å². The molecule has 0 N–H and O–H groups in total. The molecular formula is C42H40N2O3Si2. The third kappa shape index (κ3) is 9.20. The lowest BCUT2D eigenvalue weighted by Gasteiger charge is -2.25. The molecule has 0 aliphatic heterocycles. The number of rotatable bonds is 14. The zero-order valence-electron chi connectivity index (χ0n) is 28.4. The Hall–Kier alpha value is -4.83. The molecule has 0 spiro atoms. The van der Waals surface area contributed by atoms with Crippen LogP contribution >= 0.6 is 0 Å². The minimum absolute atomic E-state index is 0.250. The smallest absolute Gasteiger partial charge is 0.145 e. The van der Waals surface area contributed by atoms with Gasteiger partial charge in [0.25, 0.3) is 0 Å². The van der Waals surface area contributed by atoms with Crippen molar-refractivity contribution >= 4 is 29.4 Å². The molecule has 7 heteroatoms. The molecular weight excluding hydrogens is 637 g/mol. The Kier molecular flexibility index (Phi) is 11.5. The number of hydrogen-bond donors (Lipinski definition) is 0. The fraction of sp³-hybridized carbons (Fsp3) is 0.190. The number of ether oxygens (including phenoxy) is 3. The summed E-state index contributed by atoms with van der Waals surface area (Å²) in [6, 6.07) is 42.3. The number of aryl methyl sites for hydroxylation is 2. The highest BCUT2D eigenvalue weighted by Crippen LogP contribution is 2.33. The summed E-state index contributed by atoms with van der Waals surface area (Å²) >= 11 is 0. The van der Waals surface area contributed by atoms with Crippen molar-refractivity contribution in [3.8, 4) is 23.0 Å². The zero-order valence-corrected chi connectivity index (χ0v) is 30.4. The number of hydrogen-bond acceptors (Lipinski definition) is 5. The third-order valence-electron chi connectivity index (χ3n) is 8.63. The second-order valence-electron chi connectivity index (χ2n) is 12.0. The van der Waals surface area contributed by atoms with Crippen LogP contribution in [0.1, 0.15) is 45.8 Å². The maximum Gasteiger partial charge on any atom is 0.145 e. The lowest BCUT2D eigenvalue weighted by molar-refractivity contribution is 0.00163. The Balaban J connectivity index is 1.29. The molecule has 2 heterocycles. The van der Waals surface area contributed by atoms with Gasteiger partial charge in [0.2, 0.25) is 0 Å². The molecule has 0 saturated heterocycles. The second-order valence-corrected chi connectivity index (χ2v) is 14.6. The van der Waals surface area contributed by atoms with Crippen molar-refractivity contribution in [2.75, 3.05) is 0 Å². The van der Waals surface area contributed by atoms with Gasteiger partial charge < -0.3 is 14.2 Å². The molecule has 0 aliphatic carbocycles. The van der Waals surface area contributed by atoms with Crippen LogP contribution in [0.5, 0.6) is 23.0 Å². The van der Waals surface area contributed by atoms with Crippen molar-refractivity contribution in [1.29, 1.82) is 0 Å². The predicted octanol–water partition coefficient (Wildman–Crippen LogP) is 8.99. The van der Waals surface area contributed by atoms with Gasteiger partial charge in [-0.15, -0.1) is 0 Å². The first-order valence-electron chi connectivity index (χ1n) is 16.6. The molecule has 2 unspecified atom stereocenters. The highest BCUT2D eigenvalue weighted by molar-refractivity contribution is 6.54. The molecule has 0 amide bonds. The predicted molar refractivity (Wildman–Crippen MR) is 200 cm³/mol. The van der Waals surface area contributed by atoms with Crippen LogP contribution in [0.3, 0.4) is 0 Å². The summed E-state index contributed by atoms with van der Waals surface area (Å²) in [5.74, 6) is 2.93. The quantitative estimate of drug-likeness (QED) is 0.108. The van der Waals surface area contributed by atoms with Crippen molar-refractivity contribution in [2.45, 2.75) is 52.0 Å². The minimum atomic E-state index is -0.250. The molecule has 4 radical (unpaired) electrons. The standard InChI is InChI=1S/C42H40N2O3Si2/c1-29-13-11-19-41(31(29)3)48-27-39(37-23-21-35(25-43-37)45-33-15-7-5-8-16-33)47-40(28-49-42-20-12-14-30(2)32(42)4)38-24-22-36(26-44-38)46-34-17-9-6-10-18-34/h5-26,39-40H,27-28H2,1-4H3. The van der Waals surface area contributed by atoms with Gasteiger partial charge in [0.15, 0.2) is 0 Å². The van der Waals surface area contributed by atoms with Crippen LogP contribution in [0, 0.1) is 27.7 Å². The summed E-state index contributed by atoms with van der Waals surface area (Å²) in [6.45, 7) is 8.76. The SMILES string of the molecule is Cc1cccc([Si]CC(OC(C[Si]c2cccc(C)c2C)c2ccc(Oc3ccccc3)cn2)c2ccc(Oc3ccccc3)cn2)c1C. The first kappa shape index (κ1) is 34.1. The molecule has 6 rings (SSSR count). The van der Waals surface area contributed by atoms with Crippen LogP contribution in [-0.4, -0.2) is 29.0 Å². The van der Waals surface area contributed by atoms with E-state index in [1.54, 1.807) is 12.4 Å². The first-order chi connectivity index (χ1) is 23.9. The van der Waals surface area contributed by atoms with Crippen LogP contribution in [-0.2, 0) is 4.74 Å². The van der Waals surface area contributed by atoms with Crippen molar-refractivity contribution in [2.24, 2.45) is 0 Å². The highest BCUT2D eigenvalue weighted by atomic mass is 28.2. The van der Waals surface area contributed by atoms with Crippen LogP contribution in [0.2, 0.25) is 12.1 Å². The third-order valence-corrected chi connectivity index (χ3v) is 11.6. The number of para-hydroxylation sites is 2. The van der Waals surface area contributed by atoms with E-state index < -0.39 is 0 Å². The van der Waals surface area contributed by atoms with Gasteiger partial charge in [0.05, 0.1) is 55.0 Å². The summed E-state index contributed by atoms with van der Waals surface area (Å²) in [5, 5.41) is 2.71. The van der Waals surface area contributed by atoms with Gasteiger partial charge in [-0.1, -0.05) is 83.2 Å². The van der Waals surface area contributed by atoms with E-state index in [1.165, 1.54) is 32.6 Å². The van der Waals surface area contributed by atoms with Crippen LogP contribution in [0.15, 0.2) is 134 Å². The van der Waals surface area contributed by atoms with Gasteiger partial charge in [-0.2, -0.15) is 0 Å². The molecule has 5 nitrogen and oxygen atoms in total. The molecule has 0 aliphatic rings. The maximum absolute atomic E-state index is 7.13. The molecule has 4 aromatic carbocycles. The van der Waals surface area contributed by atoms with Crippen molar-refractivity contribution in [3.63, 3.8) is 0 Å². The second kappa shape index (κ2) is 16.5. The van der Waals surface area contributed by atoms with Crippen LogP contribution in [0.4, 0.5) is 0 Å². The van der Waals surface area contributed by atoms with E-state index in [9.17, 15) is 0 Å². The van der Waals surface area contributed by atoms with Crippen LogP contribution < -0.4 is 19.8 Å². The average molecular weight is 677 g/mol.